The topological polar surface area (TPSA) is 71.7 Å². The third kappa shape index (κ3) is 4.48. The summed E-state index contributed by atoms with van der Waals surface area (Å²) in [5.41, 5.74) is 3.44. The van der Waals surface area contributed by atoms with Gasteiger partial charge in [-0.1, -0.05) is 12.1 Å². The van der Waals surface area contributed by atoms with Crippen molar-refractivity contribution < 1.29 is 13.9 Å². The molecule has 5 rings (SSSR count). The highest BCUT2D eigenvalue weighted by Gasteiger charge is 2.26. The fourth-order valence-electron chi connectivity index (χ4n) is 4.79. The highest BCUT2D eigenvalue weighted by Crippen LogP contribution is 2.24. The molecule has 1 amide bonds. The molecule has 2 aromatic heterocycles. The van der Waals surface area contributed by atoms with E-state index in [9.17, 15) is 4.79 Å². The number of piperidine rings is 1. The van der Waals surface area contributed by atoms with Gasteiger partial charge in [0.25, 0.3) is 5.91 Å². The molecule has 2 aliphatic heterocycles. The van der Waals surface area contributed by atoms with E-state index < -0.39 is 0 Å². The summed E-state index contributed by atoms with van der Waals surface area (Å²) in [5, 5.41) is 1.13. The molecule has 0 saturated carbocycles. The number of aromatic nitrogens is 2. The van der Waals surface area contributed by atoms with Crippen LogP contribution in [0.1, 0.15) is 41.0 Å². The van der Waals surface area contributed by atoms with Crippen LogP contribution >= 0.6 is 0 Å². The first-order chi connectivity index (χ1) is 15.7. The molecule has 0 unspecified atom stereocenters. The molecule has 0 bridgehead atoms. The molecule has 0 N–H and O–H groups in total. The largest absolute Gasteiger partial charge is 0.464 e. The molecule has 2 aliphatic rings. The van der Waals surface area contributed by atoms with E-state index in [1.807, 2.05) is 36.1 Å². The van der Waals surface area contributed by atoms with Gasteiger partial charge < -0.3 is 19.0 Å². The molecule has 7 nitrogen and oxygen atoms in total. The van der Waals surface area contributed by atoms with Gasteiger partial charge in [0, 0.05) is 43.2 Å². The average Bonchev–Trinajstić information content (AvgIpc) is 3.19. The fraction of sp³-hybridized carbons (Fsp3) is 0.480. The first-order valence-corrected chi connectivity index (χ1v) is 11.6. The summed E-state index contributed by atoms with van der Waals surface area (Å²) in [7, 11) is 0. The normalized spacial score (nSPS) is 19.8. The van der Waals surface area contributed by atoms with E-state index in [0.717, 1.165) is 49.0 Å². The Kier molecular flexibility index (Phi) is 6.08. The van der Waals surface area contributed by atoms with Gasteiger partial charge in [-0.05, 0) is 56.4 Å². The molecule has 0 radical (unpaired) electrons. The Labute approximate surface area is 188 Å². The lowest BCUT2D eigenvalue weighted by atomic mass is 9.97. The number of anilines is 1. The average molecular weight is 435 g/mol. The van der Waals surface area contributed by atoms with E-state index in [1.165, 1.54) is 12.0 Å². The minimum Gasteiger partial charge on any atom is -0.464 e. The number of fused-ring (bicyclic) bond motifs is 1. The number of ether oxygens (including phenoxy) is 1. The second kappa shape index (κ2) is 9.28. The van der Waals surface area contributed by atoms with Crippen molar-refractivity contribution in [3.63, 3.8) is 0 Å². The van der Waals surface area contributed by atoms with Gasteiger partial charge in [-0.3, -0.25) is 4.79 Å². The molecular weight excluding hydrogens is 404 g/mol. The molecule has 7 heteroatoms. The van der Waals surface area contributed by atoms with E-state index >= 15 is 0 Å². The van der Waals surface area contributed by atoms with Crippen molar-refractivity contribution in [1.29, 1.82) is 0 Å². The van der Waals surface area contributed by atoms with Crippen LogP contribution in [0.5, 0.6) is 0 Å². The Hall–Kier alpha value is -2.93. The molecule has 32 heavy (non-hydrogen) atoms. The maximum atomic E-state index is 13.5. The molecule has 3 aromatic rings. The quantitative estimate of drug-likeness (QED) is 0.621. The number of nitrogens with zero attached hydrogens (tertiary/aromatic N) is 4. The lowest BCUT2D eigenvalue weighted by Gasteiger charge is -2.28. The first kappa shape index (κ1) is 20.9. The second-order valence-electron chi connectivity index (χ2n) is 8.89. The molecular formula is C25H30N4O3. The highest BCUT2D eigenvalue weighted by atomic mass is 16.5. The van der Waals surface area contributed by atoms with Gasteiger partial charge in [0.15, 0.2) is 0 Å². The Bertz CT molecular complexity index is 1090. The van der Waals surface area contributed by atoms with Crippen LogP contribution in [0, 0.1) is 12.8 Å². The maximum Gasteiger partial charge on any atom is 0.272 e. The highest BCUT2D eigenvalue weighted by molar-refractivity contribution is 5.92. The molecule has 2 fully saturated rings. The van der Waals surface area contributed by atoms with Gasteiger partial charge in [0.2, 0.25) is 5.95 Å². The minimum atomic E-state index is -0.0363. The summed E-state index contributed by atoms with van der Waals surface area (Å²) in [6.07, 6.45) is 6.10. The zero-order valence-electron chi connectivity index (χ0n) is 18.6. The smallest absolute Gasteiger partial charge is 0.272 e. The third-order valence-corrected chi connectivity index (χ3v) is 6.42. The molecule has 1 aromatic carbocycles. The Morgan fingerprint density at radius 3 is 2.88 bits per heavy atom. The van der Waals surface area contributed by atoms with Crippen molar-refractivity contribution in [3.8, 4) is 0 Å². The zero-order chi connectivity index (χ0) is 21.9. The molecule has 4 heterocycles. The molecule has 0 aliphatic carbocycles. The number of furan rings is 1. The summed E-state index contributed by atoms with van der Waals surface area (Å²) in [4.78, 5) is 26.8. The van der Waals surface area contributed by atoms with Crippen LogP contribution in [0.3, 0.4) is 0 Å². The van der Waals surface area contributed by atoms with E-state index in [1.54, 1.807) is 6.26 Å². The number of benzene rings is 1. The predicted octanol–water partition coefficient (Wildman–Crippen LogP) is 3.85. The van der Waals surface area contributed by atoms with Gasteiger partial charge in [0.1, 0.15) is 11.3 Å². The van der Waals surface area contributed by atoms with Crippen LogP contribution in [0.15, 0.2) is 41.0 Å². The summed E-state index contributed by atoms with van der Waals surface area (Å²) >= 11 is 0. The number of amides is 1. The number of carbonyl (C=O) groups excluding carboxylic acids is 1. The number of hydrogen-bond donors (Lipinski definition) is 0. The SMILES string of the molecule is Cc1cc(C(=O)N2CCOC[C@@H](Cc3cccc4occc34)C2)nc(N2CCCCC2)n1. The standard InChI is InChI=1S/C25H30N4O3/c1-18-14-22(27-25(26-18)28-9-3-2-4-10-28)24(30)29-11-13-31-17-19(16-29)15-20-6-5-7-23-21(20)8-12-32-23/h5-8,12,14,19H,2-4,9-11,13,15-17H2,1H3/t19-/m0/s1. The van der Waals surface area contributed by atoms with Crippen LogP contribution in [-0.2, 0) is 11.2 Å². The van der Waals surface area contributed by atoms with Crippen molar-refractivity contribution in [2.24, 2.45) is 5.92 Å². The van der Waals surface area contributed by atoms with Crippen LogP contribution in [0.25, 0.3) is 11.0 Å². The number of hydrogen-bond acceptors (Lipinski definition) is 6. The molecule has 1 atom stereocenters. The van der Waals surface area contributed by atoms with Crippen LogP contribution in [-0.4, -0.2) is 60.2 Å². The number of carbonyl (C=O) groups is 1. The van der Waals surface area contributed by atoms with Crippen molar-refractivity contribution >= 4 is 22.8 Å². The Morgan fingerprint density at radius 2 is 2.00 bits per heavy atom. The maximum absolute atomic E-state index is 13.5. The lowest BCUT2D eigenvalue weighted by molar-refractivity contribution is 0.0731. The molecule has 168 valence electrons. The van der Waals surface area contributed by atoms with E-state index in [2.05, 4.69) is 20.9 Å². The van der Waals surface area contributed by atoms with Gasteiger partial charge in [-0.25, -0.2) is 9.97 Å². The Balaban J connectivity index is 1.34. The van der Waals surface area contributed by atoms with Gasteiger partial charge in [-0.15, -0.1) is 0 Å². The summed E-state index contributed by atoms with van der Waals surface area (Å²) in [5.74, 6) is 0.861. The number of aryl methyl sites for hydroxylation is 1. The predicted molar refractivity (Wildman–Crippen MR) is 123 cm³/mol. The van der Waals surface area contributed by atoms with Gasteiger partial charge in [-0.2, -0.15) is 0 Å². The molecule has 2 saturated heterocycles. The monoisotopic (exact) mass is 434 g/mol. The third-order valence-electron chi connectivity index (χ3n) is 6.42. The van der Waals surface area contributed by atoms with E-state index in [0.29, 0.717) is 37.9 Å². The van der Waals surface area contributed by atoms with E-state index in [4.69, 9.17) is 9.15 Å². The van der Waals surface area contributed by atoms with Gasteiger partial charge >= 0.3 is 0 Å². The Morgan fingerprint density at radius 1 is 1.12 bits per heavy atom. The second-order valence-corrected chi connectivity index (χ2v) is 8.89. The van der Waals surface area contributed by atoms with Crippen molar-refractivity contribution in [1.82, 2.24) is 14.9 Å². The molecule has 0 spiro atoms. The van der Waals surface area contributed by atoms with Crippen LogP contribution < -0.4 is 4.90 Å². The van der Waals surface area contributed by atoms with Crippen molar-refractivity contribution in [2.75, 3.05) is 44.3 Å². The van der Waals surface area contributed by atoms with Gasteiger partial charge in [0.05, 0.1) is 19.5 Å². The van der Waals surface area contributed by atoms with Crippen molar-refractivity contribution in [3.05, 3.63) is 53.5 Å². The zero-order valence-corrected chi connectivity index (χ0v) is 18.6. The van der Waals surface area contributed by atoms with Crippen LogP contribution in [0.4, 0.5) is 5.95 Å². The van der Waals surface area contributed by atoms with Crippen LogP contribution in [0.2, 0.25) is 0 Å². The summed E-state index contributed by atoms with van der Waals surface area (Å²) in [6, 6.07) is 9.95. The summed E-state index contributed by atoms with van der Waals surface area (Å²) in [6.45, 7) is 6.25. The van der Waals surface area contributed by atoms with E-state index in [-0.39, 0.29) is 11.8 Å². The fourth-order valence-corrected chi connectivity index (χ4v) is 4.79. The lowest BCUT2D eigenvalue weighted by Crippen LogP contribution is -2.37. The first-order valence-electron chi connectivity index (χ1n) is 11.6. The van der Waals surface area contributed by atoms with Crippen molar-refractivity contribution in [2.45, 2.75) is 32.6 Å². The summed E-state index contributed by atoms with van der Waals surface area (Å²) < 4.78 is 11.4. The minimum absolute atomic E-state index is 0.0363. The number of rotatable bonds is 4.